The van der Waals surface area contributed by atoms with Gasteiger partial charge in [-0.2, -0.15) is 0 Å². The van der Waals surface area contributed by atoms with Crippen LogP contribution in [0.2, 0.25) is 0 Å². The Hall–Kier alpha value is 3.11. The summed E-state index contributed by atoms with van der Waals surface area (Å²) in [7, 11) is 0. The van der Waals surface area contributed by atoms with E-state index in [-0.39, 0.29) is 121 Å². The number of hydrogen-bond donors (Lipinski definition) is 0. The molecule has 0 saturated heterocycles. The van der Waals surface area contributed by atoms with Gasteiger partial charge in [0, 0.05) is 0 Å². The zero-order chi connectivity index (χ0) is 0. The van der Waals surface area contributed by atoms with Gasteiger partial charge in [-0.3, -0.25) is 0 Å². The summed E-state index contributed by atoms with van der Waals surface area (Å²) in [6.07, 6.45) is 0. The molecule has 6 heteroatoms. The minimum absolute atomic E-state index is 0. The zero-order valence-corrected chi connectivity index (χ0v) is 9.62. The molecule has 0 saturated carbocycles. The molecule has 0 amide bonds. The maximum atomic E-state index is 0. The van der Waals surface area contributed by atoms with Crippen molar-refractivity contribution in [3.8, 4) is 0 Å². The van der Waals surface area contributed by atoms with Crippen LogP contribution < -0.4 is 99.8 Å². The van der Waals surface area contributed by atoms with Gasteiger partial charge in [0.25, 0.3) is 0 Å². The summed E-state index contributed by atoms with van der Waals surface area (Å²) in [6, 6.07) is 0. The van der Waals surface area contributed by atoms with Crippen LogP contribution in [0.3, 0.4) is 0 Å². The van der Waals surface area contributed by atoms with Gasteiger partial charge >= 0.3 is 99.8 Å². The van der Waals surface area contributed by atoms with Gasteiger partial charge in [0.05, 0.1) is 0 Å². The third-order valence-corrected chi connectivity index (χ3v) is 0. The van der Waals surface area contributed by atoms with E-state index in [1.54, 1.807) is 0 Å². The van der Waals surface area contributed by atoms with Crippen LogP contribution in [0.4, 0.5) is 0 Å². The van der Waals surface area contributed by atoms with Crippen molar-refractivity contribution in [2.45, 2.75) is 0 Å². The Balaban J connectivity index is 0. The van der Waals surface area contributed by atoms with E-state index >= 15 is 0 Å². The molecule has 0 bridgehead atoms. The van der Waals surface area contributed by atoms with E-state index in [1.165, 1.54) is 0 Å². The second-order valence-electron chi connectivity index (χ2n) is 0. The fourth-order valence-electron chi connectivity index (χ4n) is 0. The van der Waals surface area contributed by atoms with E-state index < -0.39 is 0 Å². The first-order chi connectivity index (χ1) is 0. The van der Waals surface area contributed by atoms with Gasteiger partial charge in [0.15, 0.2) is 0 Å². The van der Waals surface area contributed by atoms with Gasteiger partial charge in [-0.25, -0.2) is 0 Å². The minimum Gasteiger partial charge on any atom is -1.00 e. The van der Waals surface area contributed by atoms with Crippen molar-refractivity contribution in [1.82, 2.24) is 0 Å². The third kappa shape index (κ3) is 27.4. The maximum Gasteiger partial charge on any atom is 1.00 e. The van der Waals surface area contributed by atoms with Crippen molar-refractivity contribution in [2.75, 3.05) is 0 Å². The van der Waals surface area contributed by atoms with Crippen LogP contribution >= 0.6 is 0 Å². The smallest absolute Gasteiger partial charge is 1.00 e. The fraction of sp³-hybridized carbons (Fsp3) is 0. The molecule has 0 atom stereocenters. The van der Waals surface area contributed by atoms with Gasteiger partial charge in [-0.1, -0.05) is 0 Å². The molecule has 0 unspecified atom stereocenters. The molecule has 6 N–H and O–H groups in total. The molecule has 6 heavy (non-hydrogen) atoms. The molecule has 0 aromatic heterocycles. The van der Waals surface area contributed by atoms with Crippen molar-refractivity contribution >= 4 is 0 Å². The van der Waals surface area contributed by atoms with E-state index in [4.69, 9.17) is 0 Å². The average Bonchev–Trinajstić information content (AvgIpc) is 0. The zero-order valence-electron chi connectivity index (χ0n) is 7.50. The molecule has 0 aliphatic carbocycles. The third-order valence-electron chi connectivity index (χ3n) is 0. The quantitative estimate of drug-likeness (QED) is 0.288. The van der Waals surface area contributed by atoms with Gasteiger partial charge in [0.2, 0.25) is 0 Å². The molecular formula is H9KLiNaO3. The van der Waals surface area contributed by atoms with Crippen LogP contribution in [-0.4, -0.2) is 16.4 Å². The Morgan fingerprint density at radius 1 is 0.833 bits per heavy atom. The Morgan fingerprint density at radius 3 is 0.833 bits per heavy atom. The van der Waals surface area contributed by atoms with E-state index in [0.29, 0.717) is 0 Å². The standard InChI is InChI=1S/K.Li.Na.3H2O.3H/h;;;3*1H2;;;/q3*+1;;;;3*-1. The normalized spacial score (nSPS) is 0. The summed E-state index contributed by atoms with van der Waals surface area (Å²) in [4.78, 5) is 0. The van der Waals surface area contributed by atoms with Crippen LogP contribution in [-0.2, 0) is 0 Å². The summed E-state index contributed by atoms with van der Waals surface area (Å²) >= 11 is 0. The molecule has 0 aromatic rings. The number of rotatable bonds is 0. The molecule has 0 aliphatic rings. The molecule has 0 spiro atoms. The predicted molar refractivity (Wildman–Crippen MR) is 14.2 cm³/mol. The second-order valence-corrected chi connectivity index (χ2v) is 0. The summed E-state index contributed by atoms with van der Waals surface area (Å²) in [5.74, 6) is 0. The Labute approximate surface area is 118 Å². The van der Waals surface area contributed by atoms with Crippen molar-refractivity contribution < 1.29 is 121 Å². The monoisotopic (exact) mass is 126 g/mol. The SMILES string of the molecule is O.O.O.[H-].[H-].[H-].[K+].[Li+].[Na+]. The van der Waals surface area contributed by atoms with E-state index in [2.05, 4.69) is 0 Å². The van der Waals surface area contributed by atoms with E-state index in [9.17, 15) is 0 Å². The molecule has 30 valence electrons. The fourth-order valence-corrected chi connectivity index (χ4v) is 0. The van der Waals surface area contributed by atoms with Gasteiger partial charge in [-0.15, -0.1) is 0 Å². The maximum absolute atomic E-state index is 0. The van der Waals surface area contributed by atoms with Crippen molar-refractivity contribution in [2.24, 2.45) is 0 Å². The molecule has 0 radical (unpaired) electrons. The summed E-state index contributed by atoms with van der Waals surface area (Å²) in [6.45, 7) is 0. The van der Waals surface area contributed by atoms with Crippen molar-refractivity contribution in [1.29, 1.82) is 0 Å². The molecule has 0 aromatic carbocycles. The molecule has 0 fully saturated rings. The van der Waals surface area contributed by atoms with Crippen LogP contribution in [0.15, 0.2) is 0 Å². The topological polar surface area (TPSA) is 94.5 Å². The largest absolute Gasteiger partial charge is 1.00 e. The molecule has 0 rings (SSSR count). The van der Waals surface area contributed by atoms with Gasteiger partial charge < -0.3 is 20.7 Å². The van der Waals surface area contributed by atoms with Crippen molar-refractivity contribution in [3.63, 3.8) is 0 Å². The van der Waals surface area contributed by atoms with Crippen molar-refractivity contribution in [3.05, 3.63) is 0 Å². The molecular weight excluding hydrogens is 117 g/mol. The van der Waals surface area contributed by atoms with Crippen LogP contribution in [0.25, 0.3) is 0 Å². The van der Waals surface area contributed by atoms with Gasteiger partial charge in [0.1, 0.15) is 0 Å². The van der Waals surface area contributed by atoms with Crippen LogP contribution in [0.5, 0.6) is 0 Å². The van der Waals surface area contributed by atoms with E-state index in [1.807, 2.05) is 0 Å². The second kappa shape index (κ2) is 42.3. The summed E-state index contributed by atoms with van der Waals surface area (Å²) in [5.41, 5.74) is 0. The Kier molecular flexibility index (Phi) is 437. The summed E-state index contributed by atoms with van der Waals surface area (Å²) in [5, 5.41) is 0. The Bertz CT molecular complexity index is 19.0. The minimum atomic E-state index is 0. The van der Waals surface area contributed by atoms with Gasteiger partial charge in [-0.05, 0) is 0 Å². The molecule has 3 nitrogen and oxygen atoms in total. The predicted octanol–water partition coefficient (Wildman–Crippen LogP) is -11.1. The average molecular weight is 126 g/mol. The first-order valence-electron chi connectivity index (χ1n) is 0. The Morgan fingerprint density at radius 2 is 0.833 bits per heavy atom. The first kappa shape index (κ1) is 61.9. The molecule has 0 heterocycles. The number of hydrogen-bond acceptors (Lipinski definition) is 0. The first-order valence-corrected chi connectivity index (χ1v) is 0. The van der Waals surface area contributed by atoms with Crippen LogP contribution in [0, 0.1) is 0 Å². The molecule has 0 aliphatic heterocycles. The summed E-state index contributed by atoms with van der Waals surface area (Å²) < 4.78 is 0. The van der Waals surface area contributed by atoms with E-state index in [0.717, 1.165) is 0 Å². The van der Waals surface area contributed by atoms with Crippen LogP contribution in [0.1, 0.15) is 4.28 Å².